The average Bonchev–Trinajstić information content (AvgIpc) is 3.36. The van der Waals surface area contributed by atoms with E-state index in [1.807, 2.05) is 12.1 Å². The lowest BCUT2D eigenvalue weighted by molar-refractivity contribution is 0.0704. The van der Waals surface area contributed by atoms with Crippen LogP contribution in [0.1, 0.15) is 54.8 Å². The molecule has 2 N–H and O–H groups in total. The summed E-state index contributed by atoms with van der Waals surface area (Å²) >= 11 is 0. The van der Waals surface area contributed by atoms with Crippen LogP contribution in [0.15, 0.2) is 35.1 Å². The molecule has 0 aliphatic carbocycles. The highest BCUT2D eigenvalue weighted by molar-refractivity contribution is 5.93. The van der Waals surface area contributed by atoms with Crippen LogP contribution in [0.3, 0.4) is 0 Å². The molecule has 1 aliphatic heterocycles. The molecule has 1 amide bonds. The predicted molar refractivity (Wildman–Crippen MR) is 106 cm³/mol. The predicted octanol–water partition coefficient (Wildman–Crippen LogP) is 2.68. The minimum absolute atomic E-state index is 0.111. The van der Waals surface area contributed by atoms with Gasteiger partial charge in [0.2, 0.25) is 17.7 Å². The highest BCUT2D eigenvalue weighted by Gasteiger charge is 2.35. The smallest absolute Gasteiger partial charge is 0.273 e. The number of rotatable bonds is 5. The Balaban J connectivity index is 1.58. The topological polar surface area (TPSA) is 124 Å². The average molecular weight is 393 g/mol. The molecule has 9 nitrogen and oxygen atoms in total. The van der Waals surface area contributed by atoms with Crippen molar-refractivity contribution >= 4 is 11.9 Å². The number of amides is 1. The first-order valence-corrected chi connectivity index (χ1v) is 9.69. The first-order valence-electron chi connectivity index (χ1n) is 9.69. The van der Waals surface area contributed by atoms with Crippen LogP contribution in [0.4, 0.5) is 5.95 Å². The van der Waals surface area contributed by atoms with Gasteiger partial charge in [0, 0.05) is 30.2 Å². The summed E-state index contributed by atoms with van der Waals surface area (Å²) in [6.07, 6.45) is 5.68. The van der Waals surface area contributed by atoms with Crippen molar-refractivity contribution < 1.29 is 9.32 Å². The maximum atomic E-state index is 13.2. The van der Waals surface area contributed by atoms with E-state index >= 15 is 0 Å². The van der Waals surface area contributed by atoms with Crippen LogP contribution in [0.25, 0.3) is 11.4 Å². The zero-order valence-electron chi connectivity index (χ0n) is 16.4. The van der Waals surface area contributed by atoms with Gasteiger partial charge in [0.05, 0.1) is 0 Å². The largest absolute Gasteiger partial charge is 0.368 e. The molecule has 0 saturated carbocycles. The van der Waals surface area contributed by atoms with E-state index in [0.717, 1.165) is 30.5 Å². The maximum Gasteiger partial charge on any atom is 0.273 e. The van der Waals surface area contributed by atoms with Crippen LogP contribution in [0.5, 0.6) is 0 Å². The molecular formula is C20H23N7O2. The van der Waals surface area contributed by atoms with Crippen molar-refractivity contribution in [3.63, 3.8) is 0 Å². The fourth-order valence-electron chi connectivity index (χ4n) is 3.55. The van der Waals surface area contributed by atoms with E-state index in [1.165, 1.54) is 0 Å². The highest BCUT2D eigenvalue weighted by atomic mass is 16.5. The van der Waals surface area contributed by atoms with Gasteiger partial charge >= 0.3 is 0 Å². The van der Waals surface area contributed by atoms with Crippen LogP contribution >= 0.6 is 0 Å². The van der Waals surface area contributed by atoms with Gasteiger partial charge in [0.25, 0.3) is 5.91 Å². The first-order chi connectivity index (χ1) is 14.0. The summed E-state index contributed by atoms with van der Waals surface area (Å²) < 4.78 is 5.49. The van der Waals surface area contributed by atoms with Crippen LogP contribution < -0.4 is 5.73 Å². The third-order valence-electron chi connectivity index (χ3n) is 4.81. The Bertz CT molecular complexity index is 1000. The van der Waals surface area contributed by atoms with Gasteiger partial charge in [-0.1, -0.05) is 19.0 Å². The second-order valence-electron chi connectivity index (χ2n) is 7.55. The zero-order valence-corrected chi connectivity index (χ0v) is 16.4. The van der Waals surface area contributed by atoms with Crippen molar-refractivity contribution in [2.45, 2.75) is 39.2 Å². The summed E-state index contributed by atoms with van der Waals surface area (Å²) in [7, 11) is 0. The van der Waals surface area contributed by atoms with Crippen LogP contribution in [-0.4, -0.2) is 42.4 Å². The van der Waals surface area contributed by atoms with Crippen LogP contribution in [0, 0.1) is 5.92 Å². The normalized spacial score (nSPS) is 16.5. The Kier molecular flexibility index (Phi) is 5.20. The molecule has 4 heterocycles. The standard InChI is InChI=1S/C20H23N7O2/c1-12(2)10-14-11-15(24-20(21)23-14)19(28)27-9-3-4-16(27)18-25-17(26-29-18)13-5-7-22-8-6-13/h5-8,11-12,16H,3-4,9-10H2,1-2H3,(H2,21,23,24)/t16-/m0/s1. The molecule has 1 aliphatic rings. The number of hydrogen-bond donors (Lipinski definition) is 1. The molecule has 1 atom stereocenters. The van der Waals surface area contributed by atoms with Crippen molar-refractivity contribution in [1.82, 2.24) is 30.0 Å². The minimum Gasteiger partial charge on any atom is -0.368 e. The minimum atomic E-state index is -0.282. The maximum absolute atomic E-state index is 13.2. The highest BCUT2D eigenvalue weighted by Crippen LogP contribution is 2.33. The number of nitrogens with zero attached hydrogens (tertiary/aromatic N) is 6. The van der Waals surface area contributed by atoms with E-state index in [-0.39, 0.29) is 17.9 Å². The van der Waals surface area contributed by atoms with Crippen LogP contribution in [-0.2, 0) is 6.42 Å². The number of carbonyl (C=O) groups is 1. The van der Waals surface area contributed by atoms with Crippen LogP contribution in [0.2, 0.25) is 0 Å². The summed E-state index contributed by atoms with van der Waals surface area (Å²) in [5.74, 6) is 1.21. The van der Waals surface area contributed by atoms with E-state index in [9.17, 15) is 4.79 Å². The zero-order chi connectivity index (χ0) is 20.4. The van der Waals surface area contributed by atoms with E-state index in [2.05, 4.69) is 38.9 Å². The number of anilines is 1. The Hall–Kier alpha value is -3.36. The molecular weight excluding hydrogens is 370 g/mol. The van der Waals surface area contributed by atoms with Crippen molar-refractivity contribution in [1.29, 1.82) is 0 Å². The Morgan fingerprint density at radius 2 is 2.07 bits per heavy atom. The van der Waals surface area contributed by atoms with Gasteiger partial charge in [-0.2, -0.15) is 4.98 Å². The van der Waals surface area contributed by atoms with E-state index in [1.54, 1.807) is 23.4 Å². The molecule has 9 heteroatoms. The lowest BCUT2D eigenvalue weighted by atomic mass is 10.1. The summed E-state index contributed by atoms with van der Waals surface area (Å²) in [5.41, 5.74) is 7.73. The molecule has 150 valence electrons. The lowest BCUT2D eigenvalue weighted by Crippen LogP contribution is -2.31. The number of nitrogen functional groups attached to an aromatic ring is 1. The molecule has 0 aromatic carbocycles. The van der Waals surface area contributed by atoms with E-state index in [0.29, 0.717) is 29.9 Å². The summed E-state index contributed by atoms with van der Waals surface area (Å²) in [6, 6.07) is 5.07. The number of carbonyl (C=O) groups excluding carboxylic acids is 1. The van der Waals surface area contributed by atoms with Gasteiger partial charge in [-0.3, -0.25) is 9.78 Å². The van der Waals surface area contributed by atoms with Crippen molar-refractivity contribution in [2.24, 2.45) is 5.92 Å². The van der Waals surface area contributed by atoms with Crippen molar-refractivity contribution in [2.75, 3.05) is 12.3 Å². The monoisotopic (exact) mass is 393 g/mol. The third-order valence-corrected chi connectivity index (χ3v) is 4.81. The fraction of sp³-hybridized carbons (Fsp3) is 0.400. The molecule has 0 unspecified atom stereocenters. The van der Waals surface area contributed by atoms with E-state index in [4.69, 9.17) is 10.3 Å². The number of likely N-dealkylation sites (tertiary alicyclic amines) is 1. The van der Waals surface area contributed by atoms with Gasteiger partial charge < -0.3 is 15.2 Å². The van der Waals surface area contributed by atoms with Gasteiger partial charge in [0.15, 0.2) is 0 Å². The molecule has 3 aromatic rings. The first kappa shape index (κ1) is 19.0. The molecule has 1 fully saturated rings. The Morgan fingerprint density at radius 3 is 2.83 bits per heavy atom. The second kappa shape index (κ2) is 7.94. The van der Waals surface area contributed by atoms with Crippen molar-refractivity contribution in [3.8, 4) is 11.4 Å². The number of aromatic nitrogens is 5. The Morgan fingerprint density at radius 1 is 1.28 bits per heavy atom. The summed E-state index contributed by atoms with van der Waals surface area (Å²) in [5, 5.41) is 4.06. The van der Waals surface area contributed by atoms with Gasteiger partial charge in [0.1, 0.15) is 11.7 Å². The van der Waals surface area contributed by atoms with Crippen molar-refractivity contribution in [3.05, 3.63) is 47.9 Å². The third kappa shape index (κ3) is 4.08. The second-order valence-corrected chi connectivity index (χ2v) is 7.55. The van der Waals surface area contributed by atoms with E-state index < -0.39 is 0 Å². The molecule has 4 rings (SSSR count). The lowest BCUT2D eigenvalue weighted by Gasteiger charge is -2.21. The van der Waals surface area contributed by atoms with Gasteiger partial charge in [-0.25, -0.2) is 9.97 Å². The number of pyridine rings is 1. The summed E-state index contributed by atoms with van der Waals surface area (Å²) in [6.45, 7) is 4.78. The SMILES string of the molecule is CC(C)Cc1cc(C(=O)N2CCC[C@H]2c2nc(-c3ccncc3)no2)nc(N)n1. The van der Waals surface area contributed by atoms with Gasteiger partial charge in [-0.05, 0) is 43.4 Å². The van der Waals surface area contributed by atoms with Gasteiger partial charge in [-0.15, -0.1) is 0 Å². The molecule has 0 bridgehead atoms. The number of nitrogens with two attached hydrogens (primary N) is 1. The number of hydrogen-bond acceptors (Lipinski definition) is 8. The molecule has 1 saturated heterocycles. The fourth-order valence-corrected chi connectivity index (χ4v) is 3.55. The Labute approximate surface area is 168 Å². The summed E-state index contributed by atoms with van der Waals surface area (Å²) in [4.78, 5) is 31.8. The quantitative estimate of drug-likeness (QED) is 0.701. The molecule has 0 spiro atoms. The molecule has 0 radical (unpaired) electrons. The molecule has 3 aromatic heterocycles. The molecule has 29 heavy (non-hydrogen) atoms.